The van der Waals surface area contributed by atoms with Gasteiger partial charge in [0.2, 0.25) is 5.91 Å². The predicted molar refractivity (Wildman–Crippen MR) is 98.2 cm³/mol. The first-order valence-electron chi connectivity index (χ1n) is 9.15. The maximum atomic E-state index is 12.4. The van der Waals surface area contributed by atoms with Gasteiger partial charge in [-0.25, -0.2) is 0 Å². The normalized spacial score (nSPS) is 17.5. The van der Waals surface area contributed by atoms with Gasteiger partial charge < -0.3 is 19.5 Å². The van der Waals surface area contributed by atoms with Crippen LogP contribution in [0.3, 0.4) is 0 Å². The van der Waals surface area contributed by atoms with E-state index in [1.807, 2.05) is 29.2 Å². The minimum atomic E-state index is 0.0296. The second-order valence-corrected chi connectivity index (χ2v) is 6.90. The molecule has 0 atom stereocenters. The molecule has 2 amide bonds. The number of fused-ring (bicyclic) bond motifs is 1. The summed E-state index contributed by atoms with van der Waals surface area (Å²) >= 11 is 0. The zero-order chi connectivity index (χ0) is 17.9. The minimum Gasteiger partial charge on any atom is -0.484 e. The third-order valence-electron chi connectivity index (χ3n) is 5.20. The summed E-state index contributed by atoms with van der Waals surface area (Å²) in [6, 6.07) is 10.1. The van der Waals surface area contributed by atoms with E-state index in [1.165, 1.54) is 0 Å². The molecule has 0 unspecified atom stereocenters. The van der Waals surface area contributed by atoms with E-state index >= 15 is 0 Å². The second-order valence-electron chi connectivity index (χ2n) is 6.90. The van der Waals surface area contributed by atoms with Crippen LogP contribution < -0.4 is 10.1 Å². The molecule has 0 spiro atoms. The Balaban J connectivity index is 1.29. The number of hydrogen-bond acceptors (Lipinski definition) is 3. The Bertz CT molecular complexity index is 793. The molecule has 26 heavy (non-hydrogen) atoms. The second kappa shape index (κ2) is 7.23. The van der Waals surface area contributed by atoms with E-state index in [0.717, 1.165) is 37.2 Å². The van der Waals surface area contributed by atoms with Crippen LogP contribution in [0.4, 0.5) is 5.69 Å². The van der Waals surface area contributed by atoms with Crippen LogP contribution in [-0.4, -0.2) is 41.0 Å². The van der Waals surface area contributed by atoms with Crippen molar-refractivity contribution in [2.75, 3.05) is 25.0 Å². The molecule has 0 radical (unpaired) electrons. The zero-order valence-corrected chi connectivity index (χ0v) is 14.7. The Morgan fingerprint density at radius 3 is 2.69 bits per heavy atom. The Labute approximate surface area is 152 Å². The van der Waals surface area contributed by atoms with Gasteiger partial charge in [-0.2, -0.15) is 0 Å². The average molecular weight is 353 g/mol. The highest BCUT2D eigenvalue weighted by Gasteiger charge is 2.23. The van der Waals surface area contributed by atoms with Crippen LogP contribution >= 0.6 is 0 Å². The Morgan fingerprint density at radius 1 is 1.15 bits per heavy atom. The van der Waals surface area contributed by atoms with Crippen LogP contribution in [0.5, 0.6) is 5.75 Å². The van der Waals surface area contributed by atoms with Crippen molar-refractivity contribution in [3.63, 3.8) is 0 Å². The van der Waals surface area contributed by atoms with E-state index in [-0.39, 0.29) is 18.4 Å². The number of carbonyl (C=O) groups is 2. The lowest BCUT2D eigenvalue weighted by Gasteiger charge is -2.32. The first-order valence-corrected chi connectivity index (χ1v) is 9.15. The Hall–Kier alpha value is -2.76. The van der Waals surface area contributed by atoms with Gasteiger partial charge in [0.25, 0.3) is 5.91 Å². The summed E-state index contributed by atoms with van der Waals surface area (Å²) in [7, 11) is 0. The smallest absolute Gasteiger partial charge is 0.260 e. The molecule has 1 aromatic carbocycles. The van der Waals surface area contributed by atoms with Gasteiger partial charge in [-0.05, 0) is 55.2 Å². The van der Waals surface area contributed by atoms with E-state index in [1.54, 1.807) is 6.07 Å². The van der Waals surface area contributed by atoms with Crippen LogP contribution in [0.1, 0.15) is 30.9 Å². The molecule has 0 saturated carbocycles. The number of nitrogens with zero attached hydrogens (tertiary/aromatic N) is 2. The lowest BCUT2D eigenvalue weighted by molar-refractivity contribution is -0.134. The van der Waals surface area contributed by atoms with E-state index in [9.17, 15) is 9.59 Å². The molecule has 1 saturated heterocycles. The lowest BCUT2D eigenvalue weighted by Crippen LogP contribution is -2.41. The number of rotatable bonds is 4. The maximum absolute atomic E-state index is 12.4. The predicted octanol–water partition coefficient (Wildman–Crippen LogP) is 2.62. The fourth-order valence-corrected chi connectivity index (χ4v) is 3.69. The zero-order valence-electron chi connectivity index (χ0n) is 14.7. The molecule has 6 heteroatoms. The summed E-state index contributed by atoms with van der Waals surface area (Å²) in [6.45, 7) is 1.59. The number of anilines is 1. The average Bonchev–Trinajstić information content (AvgIpc) is 3.21. The fourth-order valence-electron chi connectivity index (χ4n) is 3.69. The maximum Gasteiger partial charge on any atom is 0.260 e. The van der Waals surface area contributed by atoms with Crippen LogP contribution in [0.15, 0.2) is 42.7 Å². The van der Waals surface area contributed by atoms with Crippen molar-refractivity contribution < 1.29 is 14.3 Å². The van der Waals surface area contributed by atoms with Crippen molar-refractivity contribution >= 4 is 17.5 Å². The van der Waals surface area contributed by atoms with Gasteiger partial charge in [0.15, 0.2) is 6.61 Å². The summed E-state index contributed by atoms with van der Waals surface area (Å²) in [5.41, 5.74) is 1.90. The van der Waals surface area contributed by atoms with Crippen molar-refractivity contribution in [1.82, 2.24) is 9.47 Å². The van der Waals surface area contributed by atoms with Gasteiger partial charge in [0.1, 0.15) is 5.75 Å². The molecule has 6 nitrogen and oxygen atoms in total. The van der Waals surface area contributed by atoms with E-state index in [4.69, 9.17) is 4.74 Å². The van der Waals surface area contributed by atoms with Gasteiger partial charge >= 0.3 is 0 Å². The quantitative estimate of drug-likeness (QED) is 0.919. The summed E-state index contributed by atoms with van der Waals surface area (Å²) in [4.78, 5) is 25.7. The number of benzene rings is 1. The molecule has 1 aromatic heterocycles. The van der Waals surface area contributed by atoms with Gasteiger partial charge in [0.05, 0.1) is 0 Å². The SMILES string of the molecule is O=C1CCc2cc(OCC(=O)N3CCC(n4cccc4)CC3)ccc2N1. The van der Waals surface area contributed by atoms with Crippen LogP contribution in [-0.2, 0) is 16.0 Å². The number of likely N-dealkylation sites (tertiary alicyclic amines) is 1. The number of aryl methyl sites for hydroxylation is 1. The molecule has 4 rings (SSSR count). The number of ether oxygens (including phenoxy) is 1. The highest BCUT2D eigenvalue weighted by Crippen LogP contribution is 2.27. The first kappa shape index (κ1) is 16.7. The first-order chi connectivity index (χ1) is 12.7. The van der Waals surface area contributed by atoms with Crippen molar-refractivity contribution in [2.24, 2.45) is 0 Å². The number of amides is 2. The molecule has 1 fully saturated rings. The molecule has 2 aromatic rings. The van der Waals surface area contributed by atoms with Gasteiger partial charge in [0, 0.05) is 43.6 Å². The number of nitrogens with one attached hydrogen (secondary N) is 1. The molecule has 3 heterocycles. The van der Waals surface area contributed by atoms with Crippen LogP contribution in [0.2, 0.25) is 0 Å². The van der Waals surface area contributed by atoms with Crippen molar-refractivity contribution in [1.29, 1.82) is 0 Å². The fraction of sp³-hybridized carbons (Fsp3) is 0.400. The Morgan fingerprint density at radius 2 is 1.92 bits per heavy atom. The van der Waals surface area contributed by atoms with Gasteiger partial charge in [-0.3, -0.25) is 9.59 Å². The topological polar surface area (TPSA) is 63.6 Å². The highest BCUT2D eigenvalue weighted by molar-refractivity contribution is 5.94. The van der Waals surface area contributed by atoms with Crippen LogP contribution in [0, 0.1) is 0 Å². The molecular formula is C20H23N3O3. The van der Waals surface area contributed by atoms with Crippen molar-refractivity contribution in [2.45, 2.75) is 31.7 Å². The third-order valence-corrected chi connectivity index (χ3v) is 5.20. The van der Waals surface area contributed by atoms with E-state index < -0.39 is 0 Å². The molecular weight excluding hydrogens is 330 g/mol. The highest BCUT2D eigenvalue weighted by atomic mass is 16.5. The van der Waals surface area contributed by atoms with E-state index in [2.05, 4.69) is 22.3 Å². The monoisotopic (exact) mass is 353 g/mol. The van der Waals surface area contributed by atoms with Gasteiger partial charge in [-0.15, -0.1) is 0 Å². The number of piperidine rings is 1. The summed E-state index contributed by atoms with van der Waals surface area (Å²) in [6.07, 6.45) is 7.32. The number of aromatic nitrogens is 1. The molecule has 0 bridgehead atoms. The Kier molecular flexibility index (Phi) is 4.65. The van der Waals surface area contributed by atoms with E-state index in [0.29, 0.717) is 24.6 Å². The van der Waals surface area contributed by atoms with Crippen molar-refractivity contribution in [3.05, 3.63) is 48.3 Å². The standard InChI is InChI=1S/C20H23N3O3/c24-19-6-3-15-13-17(4-5-18(15)21-19)26-14-20(25)23-11-7-16(8-12-23)22-9-1-2-10-22/h1-2,4-5,9-10,13,16H,3,6-8,11-12,14H2,(H,21,24). The summed E-state index contributed by atoms with van der Waals surface area (Å²) < 4.78 is 7.93. The molecule has 2 aliphatic heterocycles. The molecule has 0 aliphatic carbocycles. The number of carbonyl (C=O) groups excluding carboxylic acids is 2. The van der Waals surface area contributed by atoms with Crippen molar-refractivity contribution in [3.8, 4) is 5.75 Å². The molecule has 2 aliphatic rings. The number of hydrogen-bond donors (Lipinski definition) is 1. The molecule has 1 N–H and O–H groups in total. The largest absolute Gasteiger partial charge is 0.484 e. The van der Waals surface area contributed by atoms with Crippen LogP contribution in [0.25, 0.3) is 0 Å². The minimum absolute atomic E-state index is 0.0296. The summed E-state index contributed by atoms with van der Waals surface area (Å²) in [5, 5.41) is 2.85. The van der Waals surface area contributed by atoms with Gasteiger partial charge in [-0.1, -0.05) is 0 Å². The third kappa shape index (κ3) is 3.59. The molecule has 136 valence electrons. The lowest BCUT2D eigenvalue weighted by atomic mass is 10.0. The summed E-state index contributed by atoms with van der Waals surface area (Å²) in [5.74, 6) is 0.752.